The molecule has 0 amide bonds. The van der Waals surface area contributed by atoms with E-state index >= 15 is 0 Å². The predicted octanol–water partition coefficient (Wildman–Crippen LogP) is 3.18. The van der Waals surface area contributed by atoms with Crippen molar-refractivity contribution < 1.29 is 0 Å². The number of benzene rings is 1. The lowest BCUT2D eigenvalue weighted by Crippen LogP contribution is -2.37. The molecule has 1 aliphatic rings. The minimum Gasteiger partial charge on any atom is -0.294 e. The zero-order valence-electron chi connectivity index (χ0n) is 12.8. The van der Waals surface area contributed by atoms with E-state index in [4.69, 9.17) is 11.6 Å². The molecule has 0 N–H and O–H groups in total. The van der Waals surface area contributed by atoms with Gasteiger partial charge in [-0.2, -0.15) is 0 Å². The second-order valence-corrected chi connectivity index (χ2v) is 7.45. The Morgan fingerprint density at radius 3 is 2.50 bits per heavy atom. The number of tetrazole rings is 1. The Hall–Kier alpha value is -1.11. The van der Waals surface area contributed by atoms with Crippen molar-refractivity contribution in [3.8, 4) is 0 Å². The smallest absolute Gasteiger partial charge is 0.167 e. The van der Waals surface area contributed by atoms with Gasteiger partial charge in [0, 0.05) is 22.2 Å². The second kappa shape index (κ2) is 6.98. The van der Waals surface area contributed by atoms with Crippen molar-refractivity contribution in [2.75, 3.05) is 13.1 Å². The third kappa shape index (κ3) is 3.62. The largest absolute Gasteiger partial charge is 0.294 e. The first kappa shape index (κ1) is 15.8. The van der Waals surface area contributed by atoms with Crippen LogP contribution in [0, 0.1) is 0 Å². The molecule has 5 nitrogen and oxygen atoms in total. The van der Waals surface area contributed by atoms with Gasteiger partial charge < -0.3 is 0 Å². The van der Waals surface area contributed by atoms with E-state index in [1.165, 1.54) is 17.7 Å². The maximum absolute atomic E-state index is 5.94. The van der Waals surface area contributed by atoms with Gasteiger partial charge in [0.15, 0.2) is 5.82 Å². The van der Waals surface area contributed by atoms with Gasteiger partial charge in [-0.05, 0) is 67.5 Å². The van der Waals surface area contributed by atoms with E-state index in [0.717, 1.165) is 23.9 Å². The quantitative estimate of drug-likeness (QED) is 0.857. The molecule has 0 bridgehead atoms. The van der Waals surface area contributed by atoms with Crippen LogP contribution in [0.5, 0.6) is 0 Å². The Kier molecular flexibility index (Phi) is 5.00. The molecule has 118 valence electrons. The van der Waals surface area contributed by atoms with Crippen LogP contribution >= 0.6 is 23.4 Å². The number of aryl methyl sites for hydroxylation is 1. The Bertz CT molecular complexity index is 607. The first-order valence-electron chi connectivity index (χ1n) is 7.52. The van der Waals surface area contributed by atoms with Crippen molar-refractivity contribution in [2.45, 2.75) is 36.0 Å². The lowest BCUT2D eigenvalue weighted by molar-refractivity contribution is 0.168. The summed E-state index contributed by atoms with van der Waals surface area (Å²) < 4.78 is 1.76. The summed E-state index contributed by atoms with van der Waals surface area (Å²) in [5.41, 5.74) is 0. The second-order valence-electron chi connectivity index (χ2n) is 5.64. The van der Waals surface area contributed by atoms with E-state index in [1.54, 1.807) is 4.68 Å². The average Bonchev–Trinajstić information content (AvgIpc) is 2.96. The van der Waals surface area contributed by atoms with Gasteiger partial charge >= 0.3 is 0 Å². The molecule has 1 aromatic carbocycles. The van der Waals surface area contributed by atoms with Gasteiger partial charge in [0.25, 0.3) is 0 Å². The number of halogens is 1. The minimum atomic E-state index is 0.265. The third-order valence-corrected chi connectivity index (χ3v) is 5.77. The summed E-state index contributed by atoms with van der Waals surface area (Å²) in [6.07, 6.45) is 2.37. The normalized spacial score (nSPS) is 18.5. The summed E-state index contributed by atoms with van der Waals surface area (Å²) in [6.45, 7) is 4.34. The Morgan fingerprint density at radius 1 is 1.23 bits per heavy atom. The molecule has 0 saturated carbocycles. The summed E-state index contributed by atoms with van der Waals surface area (Å²) >= 11 is 7.89. The van der Waals surface area contributed by atoms with Gasteiger partial charge in [0.1, 0.15) is 0 Å². The summed E-state index contributed by atoms with van der Waals surface area (Å²) in [7, 11) is 1.90. The molecule has 0 aliphatic carbocycles. The molecule has 1 unspecified atom stereocenters. The summed E-state index contributed by atoms with van der Waals surface area (Å²) in [5, 5.41) is 13.3. The first-order valence-corrected chi connectivity index (χ1v) is 8.78. The average molecular weight is 338 g/mol. The monoisotopic (exact) mass is 337 g/mol. The van der Waals surface area contributed by atoms with Gasteiger partial charge in [0.2, 0.25) is 0 Å². The van der Waals surface area contributed by atoms with Crippen molar-refractivity contribution >= 4 is 23.4 Å². The number of rotatable bonds is 4. The number of aromatic nitrogens is 4. The first-order chi connectivity index (χ1) is 10.6. The molecule has 7 heteroatoms. The fraction of sp³-hybridized carbons (Fsp3) is 0.533. The molecule has 2 aromatic rings. The van der Waals surface area contributed by atoms with Crippen LogP contribution in [0.1, 0.15) is 31.6 Å². The maximum atomic E-state index is 5.94. The Labute approximate surface area is 140 Å². The zero-order chi connectivity index (χ0) is 15.5. The summed E-state index contributed by atoms with van der Waals surface area (Å²) in [5.74, 6) is 0.934. The molecule has 2 heterocycles. The predicted molar refractivity (Wildman–Crippen MR) is 89.1 cm³/mol. The fourth-order valence-electron chi connectivity index (χ4n) is 2.84. The fourth-order valence-corrected chi connectivity index (χ4v) is 4.09. The van der Waals surface area contributed by atoms with Crippen molar-refractivity contribution in [1.29, 1.82) is 0 Å². The molecular weight excluding hydrogens is 318 g/mol. The lowest BCUT2D eigenvalue weighted by Gasteiger charge is -2.35. The molecule has 22 heavy (non-hydrogen) atoms. The van der Waals surface area contributed by atoms with E-state index in [-0.39, 0.29) is 6.04 Å². The number of nitrogens with zero attached hydrogens (tertiary/aromatic N) is 5. The van der Waals surface area contributed by atoms with Crippen LogP contribution in [0.25, 0.3) is 0 Å². The number of hydrogen-bond donors (Lipinski definition) is 0. The number of thioether (sulfide) groups is 1. The number of hydrogen-bond acceptors (Lipinski definition) is 5. The summed E-state index contributed by atoms with van der Waals surface area (Å²) in [4.78, 5) is 3.76. The SMILES string of the molecule is CC(c1nnnn1C)N1CCC(Sc2ccc(Cl)cc2)CC1. The van der Waals surface area contributed by atoms with Gasteiger partial charge in [0.05, 0.1) is 6.04 Å². The van der Waals surface area contributed by atoms with E-state index in [9.17, 15) is 0 Å². The van der Waals surface area contributed by atoms with Crippen LogP contribution in [0.15, 0.2) is 29.2 Å². The Balaban J connectivity index is 1.54. The van der Waals surface area contributed by atoms with Crippen LogP contribution < -0.4 is 0 Å². The number of likely N-dealkylation sites (tertiary alicyclic amines) is 1. The van der Waals surface area contributed by atoms with Gasteiger partial charge in [-0.25, -0.2) is 4.68 Å². The van der Waals surface area contributed by atoms with Crippen LogP contribution in [0.4, 0.5) is 0 Å². The van der Waals surface area contributed by atoms with Crippen molar-refractivity contribution in [2.24, 2.45) is 7.05 Å². The number of piperidine rings is 1. The van der Waals surface area contributed by atoms with Crippen LogP contribution in [-0.4, -0.2) is 43.4 Å². The third-order valence-electron chi connectivity index (χ3n) is 4.17. The highest BCUT2D eigenvalue weighted by Gasteiger charge is 2.26. The van der Waals surface area contributed by atoms with E-state index in [1.807, 2.05) is 30.9 Å². The van der Waals surface area contributed by atoms with Gasteiger partial charge in [-0.1, -0.05) is 11.6 Å². The lowest BCUT2D eigenvalue weighted by atomic mass is 10.1. The highest BCUT2D eigenvalue weighted by molar-refractivity contribution is 8.00. The van der Waals surface area contributed by atoms with Crippen LogP contribution in [0.2, 0.25) is 5.02 Å². The van der Waals surface area contributed by atoms with Crippen LogP contribution in [0.3, 0.4) is 0 Å². The topological polar surface area (TPSA) is 46.8 Å². The van der Waals surface area contributed by atoms with Gasteiger partial charge in [-0.15, -0.1) is 16.9 Å². The van der Waals surface area contributed by atoms with E-state index in [0.29, 0.717) is 5.25 Å². The van der Waals surface area contributed by atoms with Crippen molar-refractivity contribution in [3.05, 3.63) is 35.1 Å². The molecule has 0 radical (unpaired) electrons. The maximum Gasteiger partial charge on any atom is 0.167 e. The molecular formula is C15H20ClN5S. The van der Waals surface area contributed by atoms with E-state index in [2.05, 4.69) is 39.5 Å². The highest BCUT2D eigenvalue weighted by atomic mass is 35.5. The summed E-state index contributed by atoms with van der Waals surface area (Å²) in [6, 6.07) is 8.40. The zero-order valence-corrected chi connectivity index (χ0v) is 14.4. The molecule has 1 fully saturated rings. The molecule has 1 saturated heterocycles. The van der Waals surface area contributed by atoms with E-state index < -0.39 is 0 Å². The van der Waals surface area contributed by atoms with Crippen molar-refractivity contribution in [3.63, 3.8) is 0 Å². The molecule has 1 aromatic heterocycles. The van der Waals surface area contributed by atoms with Crippen molar-refractivity contribution in [1.82, 2.24) is 25.1 Å². The molecule has 1 aliphatic heterocycles. The molecule has 0 spiro atoms. The highest BCUT2D eigenvalue weighted by Crippen LogP contribution is 2.33. The molecule has 1 atom stereocenters. The van der Waals surface area contributed by atoms with Gasteiger partial charge in [-0.3, -0.25) is 4.90 Å². The van der Waals surface area contributed by atoms with Crippen LogP contribution in [-0.2, 0) is 7.05 Å². The standard InChI is InChI=1S/C15H20ClN5S/c1-11(15-17-18-19-20(15)2)21-9-7-14(8-10-21)22-13-5-3-12(16)4-6-13/h3-6,11,14H,7-10H2,1-2H3. The Morgan fingerprint density at radius 2 is 1.91 bits per heavy atom. The minimum absolute atomic E-state index is 0.265. The molecule has 3 rings (SSSR count).